The average Bonchev–Trinajstić information content (AvgIpc) is 1.74. The van der Waals surface area contributed by atoms with Crippen LogP contribution in [0, 0.1) is 13.8 Å². The molecule has 0 N–H and O–H groups in total. The van der Waals surface area contributed by atoms with Gasteiger partial charge in [-0.3, -0.25) is 17.6 Å². The Morgan fingerprint density at radius 3 is 1.23 bits per heavy atom. The second-order valence-electron chi connectivity index (χ2n) is 24.5. The van der Waals surface area contributed by atoms with E-state index in [2.05, 4.69) is 268 Å². The minimum Gasteiger partial charge on any atom is -0.497 e. The van der Waals surface area contributed by atoms with E-state index in [-0.39, 0.29) is 0 Å². The fraction of sp³-hybridized carbons (Fsp3) is 0.0330. The molecule has 0 fully saturated rings. The molecule has 0 atom stereocenters. The maximum absolute atomic E-state index is 6.13. The van der Waals surface area contributed by atoms with Crippen molar-refractivity contribution < 1.29 is 4.74 Å². The molecular weight excluding hydrogens is 1260 g/mol. The highest BCUT2D eigenvalue weighted by Gasteiger charge is 2.21. The normalized spacial score (nSPS) is 11.0. The molecule has 0 spiro atoms. The Hall–Kier alpha value is -13.0. The van der Waals surface area contributed by atoms with Gasteiger partial charge in [-0.15, -0.1) is 0 Å². The summed E-state index contributed by atoms with van der Waals surface area (Å²) in [5.74, 6) is 4.62. The molecule has 0 aliphatic carbocycles. The molecule has 8 aromatic heterocycles. The Morgan fingerprint density at radius 2 is 0.673 bits per heavy atom. The van der Waals surface area contributed by atoms with Gasteiger partial charge in [0.2, 0.25) is 0 Å². The summed E-state index contributed by atoms with van der Waals surface area (Å²) in [4.78, 5) is 19.8. The molecule has 0 unspecified atom stereocenters. The van der Waals surface area contributed by atoms with Crippen molar-refractivity contribution in [3.05, 3.63) is 381 Å². The van der Waals surface area contributed by atoms with Gasteiger partial charge in [-0.25, -0.2) is 19.9 Å². The first-order valence-corrected chi connectivity index (χ1v) is 34.0. The third-order valence-electron chi connectivity index (χ3n) is 17.8. The number of aromatic nitrogens is 8. The summed E-state index contributed by atoms with van der Waals surface area (Å²) in [6.07, 6.45) is 6.20. The van der Waals surface area contributed by atoms with E-state index in [0.717, 1.165) is 124 Å². The van der Waals surface area contributed by atoms with E-state index in [0.29, 0.717) is 5.02 Å². The number of fused-ring (bicyclic) bond motifs is 4. The van der Waals surface area contributed by atoms with Gasteiger partial charge in [-0.1, -0.05) is 290 Å². The standard InChI is InChI=1S/C31H22N2.C21H18N2O.C20H16N2.C19H13ClN2/c1-5-13-23(14-6-1)27-21-28(24-15-7-2-8-16-24)33-29(22-27)30(25-17-9-3-10-18-25)32-31(33)26-19-11-4-12-20-26;1-15-9-11-16(12-10-15)21-22-20(19-8-3-4-13-23(19)21)17-6-5-7-18(14-17)24-2;1-15-19-14-18(16-8-4-2-5-9-16)12-13-22(19)20(21-15)17-10-6-3-7-11-17;20-16-10-6-9-15(13-16)19-21-18(14-7-2-1-3-8-14)17-11-4-5-12-22(17)19/h1-22H;3-14H,1-2H3;2-14H,1H3;1-13H. The van der Waals surface area contributed by atoms with Crippen LogP contribution < -0.4 is 4.74 Å². The van der Waals surface area contributed by atoms with E-state index in [4.69, 9.17) is 36.3 Å². The summed E-state index contributed by atoms with van der Waals surface area (Å²) in [6, 6.07) is 119. The molecule has 8 heterocycles. The van der Waals surface area contributed by atoms with E-state index >= 15 is 0 Å². The second kappa shape index (κ2) is 29.4. The molecule has 18 rings (SSSR count). The van der Waals surface area contributed by atoms with Gasteiger partial charge < -0.3 is 4.74 Å². The molecular formula is C91H69ClN8O. The van der Waals surface area contributed by atoms with E-state index in [1.54, 1.807) is 7.11 Å². The van der Waals surface area contributed by atoms with Crippen molar-refractivity contribution in [2.75, 3.05) is 7.11 Å². The van der Waals surface area contributed by atoms with Gasteiger partial charge in [0.05, 0.1) is 57.6 Å². The van der Waals surface area contributed by atoms with Crippen LogP contribution in [0.1, 0.15) is 11.3 Å². The molecule has 0 aliphatic rings. The lowest BCUT2D eigenvalue weighted by Gasteiger charge is -2.13. The summed E-state index contributed by atoms with van der Waals surface area (Å²) in [5, 5.41) is 0.714. The summed E-state index contributed by atoms with van der Waals surface area (Å²) in [5.41, 5.74) is 24.4. The van der Waals surface area contributed by atoms with Crippen LogP contribution in [0.5, 0.6) is 5.75 Å². The summed E-state index contributed by atoms with van der Waals surface area (Å²) < 4.78 is 14.1. The summed E-state index contributed by atoms with van der Waals surface area (Å²) in [7, 11) is 1.68. The maximum atomic E-state index is 6.13. The number of nitrogens with zero attached hydrogens (tertiary/aromatic N) is 8. The minimum absolute atomic E-state index is 0.714. The van der Waals surface area contributed by atoms with Gasteiger partial charge in [-0.05, 0) is 114 Å². The zero-order valence-corrected chi connectivity index (χ0v) is 56.8. The highest BCUT2D eigenvalue weighted by Crippen LogP contribution is 2.39. The molecule has 0 amide bonds. The summed E-state index contributed by atoms with van der Waals surface area (Å²) in [6.45, 7) is 4.16. The van der Waals surface area contributed by atoms with Crippen LogP contribution in [0.4, 0.5) is 0 Å². The van der Waals surface area contributed by atoms with E-state index in [9.17, 15) is 0 Å². The zero-order valence-electron chi connectivity index (χ0n) is 56.0. The summed E-state index contributed by atoms with van der Waals surface area (Å²) >= 11 is 6.13. The van der Waals surface area contributed by atoms with Gasteiger partial charge in [0.1, 0.15) is 29.0 Å². The van der Waals surface area contributed by atoms with Gasteiger partial charge in [0.25, 0.3) is 0 Å². The molecule has 101 heavy (non-hydrogen) atoms. The molecule has 10 aromatic carbocycles. The van der Waals surface area contributed by atoms with Crippen molar-refractivity contribution in [2.45, 2.75) is 13.8 Å². The number of halogens is 1. The number of imidazole rings is 4. The number of methoxy groups -OCH3 is 1. The Bertz CT molecular complexity index is 5820. The Morgan fingerprint density at radius 1 is 0.267 bits per heavy atom. The zero-order chi connectivity index (χ0) is 68.4. The van der Waals surface area contributed by atoms with Crippen molar-refractivity contribution in [1.82, 2.24) is 37.5 Å². The molecule has 0 saturated carbocycles. The monoisotopic (exact) mass is 1320 g/mol. The fourth-order valence-electron chi connectivity index (χ4n) is 12.9. The molecule has 18 aromatic rings. The third kappa shape index (κ3) is 13.7. The smallest absolute Gasteiger partial charge is 0.145 e. The Labute approximate surface area is 592 Å². The quantitative estimate of drug-likeness (QED) is 0.129. The highest BCUT2D eigenvalue weighted by molar-refractivity contribution is 6.30. The molecule has 10 heteroatoms. The van der Waals surface area contributed by atoms with Crippen LogP contribution in [0.3, 0.4) is 0 Å². The van der Waals surface area contributed by atoms with Crippen LogP contribution in [0.15, 0.2) is 364 Å². The fourth-order valence-corrected chi connectivity index (χ4v) is 13.0. The first-order valence-electron chi connectivity index (χ1n) is 33.6. The lowest BCUT2D eigenvalue weighted by Crippen LogP contribution is -1.96. The van der Waals surface area contributed by atoms with Crippen molar-refractivity contribution in [2.24, 2.45) is 0 Å². The topological polar surface area (TPSA) is 78.4 Å². The van der Waals surface area contributed by atoms with Crippen LogP contribution in [-0.2, 0) is 0 Å². The maximum Gasteiger partial charge on any atom is 0.145 e. The van der Waals surface area contributed by atoms with Gasteiger partial charge in [0, 0.05) is 62.6 Å². The van der Waals surface area contributed by atoms with Crippen LogP contribution in [0.25, 0.3) is 135 Å². The van der Waals surface area contributed by atoms with Crippen LogP contribution >= 0.6 is 11.6 Å². The predicted octanol–water partition coefficient (Wildman–Crippen LogP) is 23.3. The number of rotatable bonds is 11. The van der Waals surface area contributed by atoms with Gasteiger partial charge >= 0.3 is 0 Å². The molecule has 9 nitrogen and oxygen atoms in total. The Balaban J connectivity index is 0.000000111. The van der Waals surface area contributed by atoms with Crippen LogP contribution in [0.2, 0.25) is 5.02 Å². The lowest BCUT2D eigenvalue weighted by molar-refractivity contribution is 0.415. The van der Waals surface area contributed by atoms with Crippen molar-refractivity contribution in [3.63, 3.8) is 0 Å². The van der Waals surface area contributed by atoms with Gasteiger partial charge in [0.15, 0.2) is 0 Å². The molecule has 0 aliphatic heterocycles. The van der Waals surface area contributed by atoms with Crippen molar-refractivity contribution >= 4 is 33.7 Å². The first-order chi connectivity index (χ1) is 49.8. The van der Waals surface area contributed by atoms with Gasteiger partial charge in [-0.2, -0.15) is 0 Å². The SMILES string of the molecule is COc1cccc(-c2nc(-c3ccc(C)cc3)n3ccccc23)c1.Cc1nc(-c2ccccc2)n2ccc(-c3ccccc3)cc12.Clc1cccc(-c2nc(-c3ccccc3)c3ccccn23)c1.c1ccc(-c2cc(-c3ccccc3)n3c(-c4ccccc4)nc(-c4ccccc4)c3c2)cc1. The number of ether oxygens (including phenoxy) is 1. The highest BCUT2D eigenvalue weighted by atomic mass is 35.5. The van der Waals surface area contributed by atoms with Crippen molar-refractivity contribution in [3.8, 4) is 119 Å². The number of hydrogen-bond acceptors (Lipinski definition) is 5. The predicted molar refractivity (Wildman–Crippen MR) is 416 cm³/mol. The van der Waals surface area contributed by atoms with E-state index < -0.39 is 0 Å². The number of aryl methyl sites for hydroxylation is 2. The molecule has 486 valence electrons. The number of hydrogen-bond donors (Lipinski definition) is 0. The Kier molecular flexibility index (Phi) is 18.7. The van der Waals surface area contributed by atoms with E-state index in [1.807, 2.05) is 128 Å². The third-order valence-corrected chi connectivity index (χ3v) is 18.1. The molecule has 0 radical (unpaired) electrons. The number of pyridine rings is 4. The molecule has 0 bridgehead atoms. The first kappa shape index (κ1) is 64.1. The second-order valence-corrected chi connectivity index (χ2v) is 24.9. The van der Waals surface area contributed by atoms with Crippen LogP contribution in [-0.4, -0.2) is 44.6 Å². The van der Waals surface area contributed by atoms with E-state index in [1.165, 1.54) is 27.8 Å². The molecule has 0 saturated heterocycles. The largest absolute Gasteiger partial charge is 0.497 e. The van der Waals surface area contributed by atoms with Crippen molar-refractivity contribution in [1.29, 1.82) is 0 Å². The average molecular weight is 1330 g/mol. The number of benzene rings is 10. The lowest BCUT2D eigenvalue weighted by atomic mass is 10.0. The minimum atomic E-state index is 0.714.